The van der Waals surface area contributed by atoms with Crippen LogP contribution >= 0.6 is 0 Å². The highest BCUT2D eigenvalue weighted by atomic mass is 28.6. The number of hydrogen-bond donors (Lipinski definition) is 0. The maximum absolute atomic E-state index is 7.09. The Morgan fingerprint density at radius 3 is 0.622 bits per heavy atom. The van der Waals surface area contributed by atoms with Gasteiger partial charge in [-0.3, -0.25) is 0 Å². The highest BCUT2D eigenvalue weighted by Crippen LogP contribution is 2.47. The first-order valence-electron chi connectivity index (χ1n) is 24.0. The number of hydrogen-bond acceptors (Lipinski definition) is 30. The summed E-state index contributed by atoms with van der Waals surface area (Å²) < 4.78 is 206. The van der Waals surface area contributed by atoms with Crippen LogP contribution in [0.2, 0.25) is 131 Å². The van der Waals surface area contributed by atoms with E-state index in [0.717, 1.165) is 0 Å². The van der Waals surface area contributed by atoms with Gasteiger partial charge in [-0.25, -0.2) is 0 Å². The lowest BCUT2D eigenvalue weighted by Gasteiger charge is -2.57. The molecule has 9 aliphatic heterocycles. The minimum Gasteiger partial charge on any atom is -0.416 e. The van der Waals surface area contributed by atoms with E-state index in [1.807, 2.05) is 40.0 Å². The molecule has 0 aromatic carbocycles. The SMILES string of the molecule is CCO[Si]1(C)O[Si](C)(OCC)O[Si]2(C)O[Si](C)(O[SiH]3O[Si](C)(O2)O[Si]2(C)O[Si](C)(O3)O[Si]3(C)O[Si]4(C)O[SiH]5O[Si]6(C)O[Si]7(C)O[Si](C)(C)O[Si](C)(C)O[Si](C)(O7)O[Si](C)(O6)O[Si](C)(O5)O[Si](C)(O4)O[Si](C)(O2)O3)O1. The molecule has 0 aromatic heterocycles. The van der Waals surface area contributed by atoms with Crippen LogP contribution in [0.1, 0.15) is 13.8 Å². The van der Waals surface area contributed by atoms with Crippen LogP contribution in [0.25, 0.3) is 0 Å². The molecule has 74 heavy (non-hydrogen) atoms. The third-order valence-corrected chi connectivity index (χ3v) is 94.8. The van der Waals surface area contributed by atoms with Crippen molar-refractivity contribution in [3.8, 4) is 0 Å². The van der Waals surface area contributed by atoms with Gasteiger partial charge in [0.15, 0.2) is 0 Å². The fourth-order valence-corrected chi connectivity index (χ4v) is 114. The molecule has 0 N–H and O–H groups in total. The van der Waals surface area contributed by atoms with Crippen LogP contribution < -0.4 is 0 Å². The van der Waals surface area contributed by atoms with Gasteiger partial charge in [0.05, 0.1) is 0 Å². The maximum atomic E-state index is 7.09. The van der Waals surface area contributed by atoms with Crippen molar-refractivity contribution < 1.29 is 124 Å². The summed E-state index contributed by atoms with van der Waals surface area (Å²) in [4.78, 5) is 0. The minimum absolute atomic E-state index is 0.250. The molecule has 30 nitrogen and oxygen atoms in total. The molecule has 0 amide bonds. The van der Waals surface area contributed by atoms with E-state index in [-0.39, 0.29) is 13.2 Å². The Bertz CT molecular complexity index is 2210. The lowest BCUT2D eigenvalue weighted by atomic mass is 10.9. The van der Waals surface area contributed by atoms with Crippen molar-refractivity contribution in [3.63, 3.8) is 0 Å². The van der Waals surface area contributed by atoms with E-state index in [1.165, 1.54) is 0 Å². The molecule has 0 saturated carbocycles. The van der Waals surface area contributed by atoms with E-state index in [0.29, 0.717) is 0 Å². The smallest absolute Gasteiger partial charge is 0.416 e. The van der Waals surface area contributed by atoms with Crippen LogP contribution in [0.3, 0.4) is 0 Å². The van der Waals surface area contributed by atoms with Crippen LogP contribution in [-0.2, 0) is 124 Å². The summed E-state index contributed by atoms with van der Waals surface area (Å²) in [5, 5.41) is 0. The lowest BCUT2D eigenvalue weighted by molar-refractivity contribution is 0.00568. The molecule has 16 bridgehead atoms. The quantitative estimate of drug-likeness (QED) is 0.366. The van der Waals surface area contributed by atoms with Crippen molar-refractivity contribution >= 4 is 177 Å². The third-order valence-electron chi connectivity index (χ3n) is 11.1. The van der Waals surface area contributed by atoms with Crippen LogP contribution in [-0.4, -0.2) is 190 Å². The van der Waals surface area contributed by atoms with Crippen LogP contribution in [0.5, 0.6) is 0 Å². The second-order valence-corrected chi connectivity index (χ2v) is 79.5. The summed E-state index contributed by atoms with van der Waals surface area (Å²) in [6.45, 7) is 38.5. The topological polar surface area (TPSA) is 277 Å². The number of rotatable bonds is 4. The Morgan fingerprint density at radius 1 is 0.216 bits per heavy atom. The predicted molar refractivity (Wildman–Crippen MR) is 289 cm³/mol. The van der Waals surface area contributed by atoms with E-state index in [2.05, 4.69) is 0 Å². The Hall–Kier alpha value is 3.14. The molecule has 9 rings (SSSR count). The average Bonchev–Trinajstić information content (AvgIpc) is 3.01. The van der Waals surface area contributed by atoms with Crippen molar-refractivity contribution in [2.45, 2.75) is 145 Å². The van der Waals surface area contributed by atoms with Gasteiger partial charge in [0, 0.05) is 118 Å². The van der Waals surface area contributed by atoms with Crippen molar-refractivity contribution in [1.29, 1.82) is 0 Å². The zero-order valence-corrected chi connectivity index (χ0v) is 66.1. The van der Waals surface area contributed by atoms with Gasteiger partial charge < -0.3 is 124 Å². The molecule has 0 radical (unpaired) electrons. The molecular formula is C24H72O30Si20. The summed E-state index contributed by atoms with van der Waals surface area (Å²) >= 11 is 0. The Kier molecular flexibility index (Phi) is 16.1. The molecule has 0 aromatic rings. The fraction of sp³-hybridized carbons (Fsp3) is 1.00. The van der Waals surface area contributed by atoms with Crippen LogP contribution in [0.15, 0.2) is 0 Å². The van der Waals surface area contributed by atoms with E-state index >= 15 is 0 Å². The normalized spacial score (nSPS) is 57.6. The number of fused-ring (bicyclic) bond motifs is 16. The van der Waals surface area contributed by atoms with E-state index in [9.17, 15) is 0 Å². The van der Waals surface area contributed by atoms with Crippen molar-refractivity contribution in [2.24, 2.45) is 0 Å². The first-order valence-corrected chi connectivity index (χ1v) is 68.1. The van der Waals surface area contributed by atoms with Crippen molar-refractivity contribution in [2.75, 3.05) is 13.2 Å². The fourth-order valence-electron chi connectivity index (χ4n) is 10.7. The Balaban J connectivity index is 1.09. The molecule has 9 saturated heterocycles. The highest BCUT2D eigenvalue weighted by Gasteiger charge is 2.77. The van der Waals surface area contributed by atoms with Gasteiger partial charge in [0.25, 0.3) is 0 Å². The van der Waals surface area contributed by atoms with Gasteiger partial charge in [0.2, 0.25) is 0 Å². The lowest BCUT2D eigenvalue weighted by Crippen LogP contribution is -2.82. The van der Waals surface area contributed by atoms with Gasteiger partial charge in [-0.05, 0) is 40.0 Å². The molecule has 428 valence electrons. The third kappa shape index (κ3) is 13.8. The van der Waals surface area contributed by atoms with Gasteiger partial charge in [-0.1, -0.05) is 0 Å². The predicted octanol–water partition coefficient (Wildman–Crippen LogP) is 2.58. The first-order chi connectivity index (χ1) is 33.2. The van der Waals surface area contributed by atoms with Gasteiger partial charge in [-0.2, -0.15) is 0 Å². The summed E-state index contributed by atoms with van der Waals surface area (Å²) in [7, 11) is -78.1. The summed E-state index contributed by atoms with van der Waals surface area (Å²) in [5.41, 5.74) is 0. The molecule has 9 heterocycles. The summed E-state index contributed by atoms with van der Waals surface area (Å²) in [5.74, 6) is 0. The molecule has 50 heteroatoms. The van der Waals surface area contributed by atoms with Crippen LogP contribution in [0, 0.1) is 0 Å². The van der Waals surface area contributed by atoms with Crippen molar-refractivity contribution in [1.82, 2.24) is 0 Å². The van der Waals surface area contributed by atoms with E-state index in [4.69, 9.17) is 124 Å². The maximum Gasteiger partial charge on any atom is 0.482 e. The van der Waals surface area contributed by atoms with Crippen molar-refractivity contribution in [3.05, 3.63) is 0 Å². The molecule has 18 atom stereocenters. The molecule has 0 spiro atoms. The zero-order chi connectivity index (χ0) is 54.8. The van der Waals surface area contributed by atoms with Crippen LogP contribution in [0.4, 0.5) is 0 Å². The Morgan fingerprint density at radius 2 is 0.392 bits per heavy atom. The molecule has 9 aliphatic rings. The highest BCUT2D eigenvalue weighted by molar-refractivity contribution is 7.02. The second kappa shape index (κ2) is 19.3. The van der Waals surface area contributed by atoms with E-state index < -0.39 is 177 Å². The second-order valence-electron chi connectivity index (χ2n) is 21.0. The van der Waals surface area contributed by atoms with Gasteiger partial charge in [0.1, 0.15) is 0 Å². The summed E-state index contributed by atoms with van der Waals surface area (Å²) in [6, 6.07) is 0. The monoisotopic (exact) mass is 1400 g/mol. The minimum atomic E-state index is -4.31. The molecule has 0 aliphatic carbocycles. The molecule has 9 fully saturated rings. The largest absolute Gasteiger partial charge is 0.482 e. The van der Waals surface area contributed by atoms with Gasteiger partial charge >= 0.3 is 177 Å². The zero-order valence-electron chi connectivity index (χ0n) is 45.8. The molecule has 18 unspecified atom stereocenters. The summed E-state index contributed by atoms with van der Waals surface area (Å²) in [6.07, 6.45) is 0. The Labute approximate surface area is 455 Å². The van der Waals surface area contributed by atoms with Gasteiger partial charge in [-0.15, -0.1) is 0 Å². The first kappa shape index (κ1) is 61.7. The average molecular weight is 1400 g/mol. The standard InChI is InChI=1S/C24H72O30Si20/c1-23-25-59(7)36-60(8,26-24-2)38-69(17)40-61(9,37-59)27-55-29-63(11,41-69)44-71(19)46-65(13,30-55)47-73(21)49-66(14)32-56-28-62(10)39-67(15)34-57(3,4)33-58(5,6)35-68(16,50-67)51-70(18,42-62)43-64(12,31-56)45-72(20,48-66)53-74(22,52-71)54-73/h55-56H,23-24H2,1-22H3. The molecular weight excluding hydrogens is 1330 g/mol. The van der Waals surface area contributed by atoms with E-state index in [1.54, 1.807) is 105 Å².